The second-order valence-corrected chi connectivity index (χ2v) is 4.98. The van der Waals surface area contributed by atoms with E-state index in [9.17, 15) is 4.79 Å². The summed E-state index contributed by atoms with van der Waals surface area (Å²) in [7, 11) is 0. The number of benzene rings is 1. The number of carbonyl (C=O) groups excluding carboxylic acids is 1. The van der Waals surface area contributed by atoms with Gasteiger partial charge in [0.25, 0.3) is 0 Å². The van der Waals surface area contributed by atoms with Gasteiger partial charge in [0.1, 0.15) is 6.61 Å². The molecule has 0 radical (unpaired) electrons. The van der Waals surface area contributed by atoms with Crippen molar-refractivity contribution in [3.05, 3.63) is 29.3 Å². The molecule has 0 fully saturated rings. The number of nitrogen functional groups attached to an aromatic ring is 1. The summed E-state index contributed by atoms with van der Waals surface area (Å²) in [6, 6.07) is 5.98. The van der Waals surface area contributed by atoms with Gasteiger partial charge in [-0.1, -0.05) is 6.07 Å². The molecule has 0 saturated carbocycles. The number of fused-ring (bicyclic) bond motifs is 1. The number of amides is 1. The van der Waals surface area contributed by atoms with Gasteiger partial charge in [0, 0.05) is 5.69 Å². The lowest BCUT2D eigenvalue weighted by atomic mass is 10.1. The first-order valence-corrected chi connectivity index (χ1v) is 6.35. The predicted molar refractivity (Wildman–Crippen MR) is 71.1 cm³/mol. The van der Waals surface area contributed by atoms with Crippen molar-refractivity contribution in [2.75, 3.05) is 12.3 Å². The quantitative estimate of drug-likeness (QED) is 0.798. The first-order chi connectivity index (χ1) is 8.56. The van der Waals surface area contributed by atoms with Crippen LogP contribution in [-0.4, -0.2) is 18.6 Å². The summed E-state index contributed by atoms with van der Waals surface area (Å²) in [5.74, 6) is -0.0571. The summed E-state index contributed by atoms with van der Waals surface area (Å²) >= 11 is 0. The van der Waals surface area contributed by atoms with Crippen LogP contribution in [0.3, 0.4) is 0 Å². The molecule has 1 aliphatic rings. The van der Waals surface area contributed by atoms with Gasteiger partial charge in [-0.2, -0.15) is 0 Å². The summed E-state index contributed by atoms with van der Waals surface area (Å²) in [6.07, 6.45) is 1.98. The average molecular weight is 248 g/mol. The van der Waals surface area contributed by atoms with Crippen molar-refractivity contribution in [2.24, 2.45) is 0 Å². The first-order valence-electron chi connectivity index (χ1n) is 6.35. The second-order valence-electron chi connectivity index (χ2n) is 4.98. The Hall–Kier alpha value is -1.55. The minimum atomic E-state index is -0.0571. The summed E-state index contributed by atoms with van der Waals surface area (Å²) in [6.45, 7) is 3.96. The van der Waals surface area contributed by atoms with Gasteiger partial charge in [-0.05, 0) is 49.9 Å². The minimum Gasteiger partial charge on any atom is -0.399 e. The Morgan fingerprint density at radius 1 is 1.56 bits per heavy atom. The highest BCUT2D eigenvalue weighted by Gasteiger charge is 2.23. The van der Waals surface area contributed by atoms with E-state index in [4.69, 9.17) is 10.5 Å². The van der Waals surface area contributed by atoms with Crippen LogP contribution in [0.5, 0.6) is 0 Å². The van der Waals surface area contributed by atoms with Crippen molar-refractivity contribution >= 4 is 11.6 Å². The lowest BCUT2D eigenvalue weighted by Gasteiger charge is -2.15. The largest absolute Gasteiger partial charge is 0.399 e. The van der Waals surface area contributed by atoms with Gasteiger partial charge in [0.2, 0.25) is 5.91 Å². The monoisotopic (exact) mass is 248 g/mol. The van der Waals surface area contributed by atoms with E-state index in [1.807, 2.05) is 32.0 Å². The average Bonchev–Trinajstić information content (AvgIpc) is 2.69. The molecule has 1 amide bonds. The molecule has 0 bridgehead atoms. The van der Waals surface area contributed by atoms with Gasteiger partial charge in [0.05, 0.1) is 12.1 Å². The third-order valence-corrected chi connectivity index (χ3v) is 3.13. The van der Waals surface area contributed by atoms with Crippen molar-refractivity contribution < 1.29 is 9.53 Å². The topological polar surface area (TPSA) is 64.3 Å². The van der Waals surface area contributed by atoms with Gasteiger partial charge >= 0.3 is 0 Å². The molecule has 3 N–H and O–H groups in total. The number of nitrogens with one attached hydrogen (secondary N) is 1. The third-order valence-electron chi connectivity index (χ3n) is 3.13. The molecule has 98 valence electrons. The molecule has 0 spiro atoms. The SMILES string of the molecule is CC(C)OCC(=O)NC1CCc2cc(N)ccc21. The Labute approximate surface area is 108 Å². The summed E-state index contributed by atoms with van der Waals surface area (Å²) in [5, 5.41) is 3.01. The number of aryl methyl sites for hydroxylation is 1. The number of ether oxygens (including phenoxy) is 1. The van der Waals surface area contributed by atoms with E-state index in [-0.39, 0.29) is 24.7 Å². The van der Waals surface area contributed by atoms with Gasteiger partial charge in [-0.25, -0.2) is 0 Å². The van der Waals surface area contributed by atoms with E-state index in [0.29, 0.717) is 0 Å². The number of hydrogen-bond donors (Lipinski definition) is 2. The molecular formula is C14H20N2O2. The summed E-state index contributed by atoms with van der Waals surface area (Å²) in [4.78, 5) is 11.7. The number of nitrogens with two attached hydrogens (primary N) is 1. The van der Waals surface area contributed by atoms with Gasteiger partial charge in [0.15, 0.2) is 0 Å². The van der Waals surface area contributed by atoms with Crippen molar-refractivity contribution in [2.45, 2.75) is 38.8 Å². The zero-order chi connectivity index (χ0) is 13.1. The Morgan fingerprint density at radius 2 is 2.33 bits per heavy atom. The third kappa shape index (κ3) is 3.01. The fraction of sp³-hybridized carbons (Fsp3) is 0.500. The molecule has 18 heavy (non-hydrogen) atoms. The van der Waals surface area contributed by atoms with E-state index in [1.165, 1.54) is 11.1 Å². The van der Waals surface area contributed by atoms with Crippen LogP contribution in [0.15, 0.2) is 18.2 Å². The molecule has 1 unspecified atom stereocenters. The minimum absolute atomic E-state index is 0.0571. The van der Waals surface area contributed by atoms with Crippen LogP contribution in [0.1, 0.15) is 37.4 Å². The van der Waals surface area contributed by atoms with Crippen molar-refractivity contribution in [3.8, 4) is 0 Å². The van der Waals surface area contributed by atoms with Crippen molar-refractivity contribution in [3.63, 3.8) is 0 Å². The summed E-state index contributed by atoms with van der Waals surface area (Å²) in [5.41, 5.74) is 8.96. The Kier molecular flexibility index (Phi) is 3.87. The highest BCUT2D eigenvalue weighted by molar-refractivity contribution is 5.78. The molecule has 0 heterocycles. The van der Waals surface area contributed by atoms with Crippen LogP contribution >= 0.6 is 0 Å². The fourth-order valence-electron chi connectivity index (χ4n) is 2.27. The molecule has 4 heteroatoms. The van der Waals surface area contributed by atoms with Gasteiger partial charge in [-0.3, -0.25) is 4.79 Å². The molecule has 0 aromatic heterocycles. The lowest BCUT2D eigenvalue weighted by Crippen LogP contribution is -2.31. The maximum absolute atomic E-state index is 11.7. The van der Waals surface area contributed by atoms with Gasteiger partial charge in [-0.15, -0.1) is 0 Å². The van der Waals surface area contributed by atoms with Crippen LogP contribution in [0.2, 0.25) is 0 Å². The Balaban J connectivity index is 1.95. The maximum atomic E-state index is 11.7. The summed E-state index contributed by atoms with van der Waals surface area (Å²) < 4.78 is 5.29. The van der Waals surface area contributed by atoms with Crippen LogP contribution < -0.4 is 11.1 Å². The molecular weight excluding hydrogens is 228 g/mol. The van der Waals surface area contributed by atoms with E-state index < -0.39 is 0 Å². The van der Waals surface area contributed by atoms with Crippen LogP contribution in [0, 0.1) is 0 Å². The molecule has 0 saturated heterocycles. The van der Waals surface area contributed by atoms with Gasteiger partial charge < -0.3 is 15.8 Å². The molecule has 4 nitrogen and oxygen atoms in total. The second kappa shape index (κ2) is 5.40. The highest BCUT2D eigenvalue weighted by Crippen LogP contribution is 2.32. The molecule has 1 aromatic carbocycles. The fourth-order valence-corrected chi connectivity index (χ4v) is 2.27. The van der Waals surface area contributed by atoms with Crippen LogP contribution in [-0.2, 0) is 16.0 Å². The first kappa shape index (κ1) is 12.9. The zero-order valence-electron chi connectivity index (χ0n) is 10.9. The number of anilines is 1. The number of hydrogen-bond acceptors (Lipinski definition) is 3. The molecule has 1 atom stereocenters. The Morgan fingerprint density at radius 3 is 3.06 bits per heavy atom. The van der Waals surface area contributed by atoms with E-state index in [0.717, 1.165) is 18.5 Å². The highest BCUT2D eigenvalue weighted by atomic mass is 16.5. The number of carbonyl (C=O) groups is 1. The predicted octanol–water partition coefficient (Wildman–Crippen LogP) is 1.80. The van der Waals surface area contributed by atoms with Crippen molar-refractivity contribution in [1.29, 1.82) is 0 Å². The van der Waals surface area contributed by atoms with E-state index in [1.54, 1.807) is 0 Å². The normalized spacial score (nSPS) is 17.8. The molecule has 1 aromatic rings. The zero-order valence-corrected chi connectivity index (χ0v) is 10.9. The van der Waals surface area contributed by atoms with Crippen LogP contribution in [0.4, 0.5) is 5.69 Å². The smallest absolute Gasteiger partial charge is 0.246 e. The van der Waals surface area contributed by atoms with E-state index in [2.05, 4.69) is 5.32 Å². The maximum Gasteiger partial charge on any atom is 0.246 e. The van der Waals surface area contributed by atoms with Crippen molar-refractivity contribution in [1.82, 2.24) is 5.32 Å². The van der Waals surface area contributed by atoms with Crippen LogP contribution in [0.25, 0.3) is 0 Å². The molecule has 2 rings (SSSR count). The Bertz CT molecular complexity index is 443. The standard InChI is InChI=1S/C14H20N2O2/c1-9(2)18-8-14(17)16-13-6-3-10-7-11(15)4-5-12(10)13/h4-5,7,9,13H,3,6,8,15H2,1-2H3,(H,16,17). The lowest BCUT2D eigenvalue weighted by molar-refractivity contribution is -0.127. The van der Waals surface area contributed by atoms with E-state index >= 15 is 0 Å². The molecule has 0 aliphatic heterocycles. The number of rotatable bonds is 4. The molecule has 1 aliphatic carbocycles.